The highest BCUT2D eigenvalue weighted by molar-refractivity contribution is 5.85. The van der Waals surface area contributed by atoms with Gasteiger partial charge in [0, 0.05) is 17.4 Å². The lowest BCUT2D eigenvalue weighted by atomic mass is 9.95. The van der Waals surface area contributed by atoms with Crippen LogP contribution in [0.2, 0.25) is 0 Å². The van der Waals surface area contributed by atoms with E-state index in [-0.39, 0.29) is 11.6 Å². The Hall–Kier alpha value is -3.60. The zero-order valence-corrected chi connectivity index (χ0v) is 16.2. The van der Waals surface area contributed by atoms with Crippen LogP contribution in [-0.4, -0.2) is 9.97 Å². The van der Waals surface area contributed by atoms with E-state index >= 15 is 0 Å². The first-order chi connectivity index (χ1) is 14.7. The number of aromatic nitrogens is 2. The minimum absolute atomic E-state index is 0.276. The van der Waals surface area contributed by atoms with E-state index in [2.05, 4.69) is 10.3 Å². The Balaban J connectivity index is 1.73. The minimum Gasteiger partial charge on any atom is -0.340 e. The Morgan fingerprint density at radius 2 is 1.47 bits per heavy atom. The zero-order chi connectivity index (χ0) is 20.5. The van der Waals surface area contributed by atoms with Crippen LogP contribution in [0.5, 0.6) is 0 Å². The second kappa shape index (κ2) is 7.67. The number of fused-ring (bicyclic) bond motifs is 1. The van der Waals surface area contributed by atoms with Crippen LogP contribution in [0, 0.1) is 11.6 Å². The maximum absolute atomic E-state index is 13.6. The lowest BCUT2D eigenvalue weighted by Crippen LogP contribution is -2.04. The summed E-state index contributed by atoms with van der Waals surface area (Å²) in [7, 11) is 0. The van der Waals surface area contributed by atoms with Crippen molar-refractivity contribution in [2.45, 2.75) is 19.3 Å². The van der Waals surface area contributed by atoms with Gasteiger partial charge in [0.05, 0.1) is 11.4 Å². The van der Waals surface area contributed by atoms with Gasteiger partial charge >= 0.3 is 0 Å². The topological polar surface area (TPSA) is 37.8 Å². The van der Waals surface area contributed by atoms with Crippen LogP contribution >= 0.6 is 0 Å². The Bertz CT molecular complexity index is 1190. The Morgan fingerprint density at radius 1 is 0.767 bits per heavy atom. The van der Waals surface area contributed by atoms with E-state index in [0.29, 0.717) is 5.82 Å². The van der Waals surface area contributed by atoms with Crippen LogP contribution in [0.3, 0.4) is 0 Å². The molecule has 30 heavy (non-hydrogen) atoms. The molecule has 0 amide bonds. The first-order valence-electron chi connectivity index (χ1n) is 9.95. The van der Waals surface area contributed by atoms with E-state index < -0.39 is 0 Å². The van der Waals surface area contributed by atoms with Crippen LogP contribution in [0.4, 0.5) is 20.3 Å². The van der Waals surface area contributed by atoms with E-state index in [1.807, 2.05) is 18.2 Å². The number of rotatable bonds is 4. The van der Waals surface area contributed by atoms with Gasteiger partial charge in [-0.25, -0.2) is 13.8 Å². The summed E-state index contributed by atoms with van der Waals surface area (Å²) in [5.41, 5.74) is 6.68. The average molecular weight is 399 g/mol. The SMILES string of the molecule is Fc1ccc(Nc2nc(-c3ccccn3)c3c(c2-c2ccc(F)cc2)CCC3)cc1. The molecule has 0 bridgehead atoms. The smallest absolute Gasteiger partial charge is 0.139 e. The second-order valence-electron chi connectivity index (χ2n) is 7.35. The third kappa shape index (κ3) is 3.43. The Kier molecular flexibility index (Phi) is 4.71. The molecule has 4 aromatic rings. The highest BCUT2D eigenvalue weighted by Crippen LogP contribution is 2.42. The van der Waals surface area contributed by atoms with E-state index in [4.69, 9.17) is 4.98 Å². The predicted molar refractivity (Wildman–Crippen MR) is 115 cm³/mol. The standard InChI is InChI=1S/C25H19F2N3/c26-17-9-7-16(8-10-17)23-20-4-3-5-21(20)24(22-6-1-2-15-28-22)30-25(23)29-19-13-11-18(27)12-14-19/h1-2,6-15H,3-5H2,(H,29,30). The van der Waals surface area contributed by atoms with Crippen LogP contribution < -0.4 is 5.32 Å². The minimum atomic E-state index is -0.296. The summed E-state index contributed by atoms with van der Waals surface area (Å²) in [6.45, 7) is 0. The van der Waals surface area contributed by atoms with Crippen LogP contribution in [0.15, 0.2) is 72.9 Å². The van der Waals surface area contributed by atoms with Crippen molar-refractivity contribution in [2.75, 3.05) is 5.32 Å². The lowest BCUT2D eigenvalue weighted by Gasteiger charge is -2.19. The van der Waals surface area contributed by atoms with Gasteiger partial charge in [-0.05, 0) is 84.5 Å². The summed E-state index contributed by atoms with van der Waals surface area (Å²) in [5, 5.41) is 3.35. The first kappa shape index (κ1) is 18.4. The van der Waals surface area contributed by atoms with Crippen molar-refractivity contribution < 1.29 is 8.78 Å². The van der Waals surface area contributed by atoms with Gasteiger partial charge in [-0.3, -0.25) is 4.98 Å². The summed E-state index contributed by atoms with van der Waals surface area (Å²) in [6, 6.07) is 18.5. The number of nitrogens with zero attached hydrogens (tertiary/aromatic N) is 2. The molecule has 0 saturated heterocycles. The molecule has 0 aliphatic heterocycles. The van der Waals surface area contributed by atoms with Gasteiger partial charge in [0.1, 0.15) is 17.5 Å². The molecule has 1 aliphatic carbocycles. The summed E-state index contributed by atoms with van der Waals surface area (Å²) < 4.78 is 27.0. The Morgan fingerprint density at radius 3 is 2.17 bits per heavy atom. The van der Waals surface area contributed by atoms with E-state index in [0.717, 1.165) is 47.5 Å². The largest absolute Gasteiger partial charge is 0.340 e. The van der Waals surface area contributed by atoms with Crippen molar-refractivity contribution in [3.05, 3.63) is 95.7 Å². The van der Waals surface area contributed by atoms with Gasteiger partial charge in [-0.15, -0.1) is 0 Å². The van der Waals surface area contributed by atoms with Crippen molar-refractivity contribution in [1.82, 2.24) is 9.97 Å². The molecule has 2 aromatic heterocycles. The van der Waals surface area contributed by atoms with Gasteiger partial charge in [-0.1, -0.05) is 18.2 Å². The summed E-state index contributed by atoms with van der Waals surface area (Å²) in [4.78, 5) is 9.48. The van der Waals surface area contributed by atoms with Gasteiger partial charge < -0.3 is 5.32 Å². The molecular weight excluding hydrogens is 380 g/mol. The molecule has 0 saturated carbocycles. The molecule has 0 spiro atoms. The van der Waals surface area contributed by atoms with Crippen LogP contribution in [0.1, 0.15) is 17.5 Å². The van der Waals surface area contributed by atoms with Gasteiger partial charge in [0.15, 0.2) is 0 Å². The molecule has 1 N–H and O–H groups in total. The Labute approximate surface area is 173 Å². The third-order valence-corrected chi connectivity index (χ3v) is 5.41. The molecule has 3 nitrogen and oxygen atoms in total. The number of hydrogen-bond donors (Lipinski definition) is 1. The van der Waals surface area contributed by atoms with Crippen molar-refractivity contribution >= 4 is 11.5 Å². The molecule has 0 fully saturated rings. The molecule has 2 heterocycles. The van der Waals surface area contributed by atoms with Gasteiger partial charge in [-0.2, -0.15) is 0 Å². The highest BCUT2D eigenvalue weighted by atomic mass is 19.1. The van der Waals surface area contributed by atoms with Crippen molar-refractivity contribution in [1.29, 1.82) is 0 Å². The maximum atomic E-state index is 13.6. The van der Waals surface area contributed by atoms with Crippen molar-refractivity contribution in [3.63, 3.8) is 0 Å². The summed E-state index contributed by atoms with van der Waals surface area (Å²) in [6.07, 6.45) is 4.64. The number of pyridine rings is 2. The molecule has 2 aromatic carbocycles. The molecule has 148 valence electrons. The third-order valence-electron chi connectivity index (χ3n) is 5.41. The summed E-state index contributed by atoms with van der Waals surface area (Å²) >= 11 is 0. The highest BCUT2D eigenvalue weighted by Gasteiger charge is 2.25. The average Bonchev–Trinajstić information content (AvgIpc) is 3.26. The second-order valence-corrected chi connectivity index (χ2v) is 7.35. The summed E-state index contributed by atoms with van der Waals surface area (Å²) in [5.74, 6) is 0.0893. The number of anilines is 2. The monoisotopic (exact) mass is 399 g/mol. The van der Waals surface area contributed by atoms with E-state index in [9.17, 15) is 8.78 Å². The molecule has 1 aliphatic rings. The molecule has 0 radical (unpaired) electrons. The normalized spacial score (nSPS) is 12.6. The fourth-order valence-electron chi connectivity index (χ4n) is 4.06. The quantitative estimate of drug-likeness (QED) is 0.436. The number of halogens is 2. The molecule has 0 unspecified atom stereocenters. The first-order valence-corrected chi connectivity index (χ1v) is 9.95. The fraction of sp³-hybridized carbons (Fsp3) is 0.120. The number of nitrogens with one attached hydrogen (secondary N) is 1. The zero-order valence-electron chi connectivity index (χ0n) is 16.2. The van der Waals surface area contributed by atoms with Gasteiger partial charge in [0.25, 0.3) is 0 Å². The van der Waals surface area contributed by atoms with Gasteiger partial charge in [0.2, 0.25) is 0 Å². The predicted octanol–water partition coefficient (Wildman–Crippen LogP) is 6.32. The maximum Gasteiger partial charge on any atom is 0.139 e. The van der Waals surface area contributed by atoms with E-state index in [1.54, 1.807) is 30.5 Å². The fourth-order valence-corrected chi connectivity index (χ4v) is 4.06. The molecular formula is C25H19F2N3. The van der Waals surface area contributed by atoms with Crippen LogP contribution in [-0.2, 0) is 12.8 Å². The molecule has 0 atom stereocenters. The number of hydrogen-bond acceptors (Lipinski definition) is 3. The van der Waals surface area contributed by atoms with E-state index in [1.165, 1.54) is 35.4 Å². The van der Waals surface area contributed by atoms with Crippen molar-refractivity contribution in [3.8, 4) is 22.5 Å². The molecule has 5 rings (SSSR count). The lowest BCUT2D eigenvalue weighted by molar-refractivity contribution is 0.627. The molecule has 5 heteroatoms. The number of benzene rings is 2. The van der Waals surface area contributed by atoms with Crippen molar-refractivity contribution in [2.24, 2.45) is 0 Å². The van der Waals surface area contributed by atoms with Crippen LogP contribution in [0.25, 0.3) is 22.5 Å².